The Morgan fingerprint density at radius 2 is 2.06 bits per heavy atom. The Morgan fingerprint density at radius 1 is 1.50 bits per heavy atom. The van der Waals surface area contributed by atoms with Gasteiger partial charge in [-0.3, -0.25) is 4.79 Å². The summed E-state index contributed by atoms with van der Waals surface area (Å²) in [6, 6.07) is 2.90. The number of hydrogen-bond acceptors (Lipinski definition) is 3. The molecule has 4 nitrogen and oxygen atoms in total. The normalized spacial score (nSPS) is 18.2. The molecular formula is C12H14Cl2N2O2. The van der Waals surface area contributed by atoms with Crippen LogP contribution >= 0.6 is 23.2 Å². The third kappa shape index (κ3) is 2.94. The number of nitrogens with one attached hydrogen (secondary N) is 1. The van der Waals surface area contributed by atoms with E-state index in [9.17, 15) is 9.90 Å². The van der Waals surface area contributed by atoms with Crippen LogP contribution in [0.1, 0.15) is 30.1 Å². The largest absolute Gasteiger partial charge is 0.394 e. The van der Waals surface area contributed by atoms with Gasteiger partial charge in [0.1, 0.15) is 10.3 Å². The predicted octanol–water partition coefficient (Wildman–Crippen LogP) is 2.28. The molecule has 18 heavy (non-hydrogen) atoms. The summed E-state index contributed by atoms with van der Waals surface area (Å²) < 4.78 is 0. The maximum Gasteiger partial charge on any atom is 0.252 e. The van der Waals surface area contributed by atoms with Crippen molar-refractivity contribution in [2.45, 2.75) is 25.3 Å². The highest BCUT2D eigenvalue weighted by Crippen LogP contribution is 2.39. The van der Waals surface area contributed by atoms with Crippen LogP contribution in [0.25, 0.3) is 0 Å². The number of carbonyl (C=O) groups excluding carboxylic acids is 1. The molecule has 2 rings (SSSR count). The lowest BCUT2D eigenvalue weighted by Gasteiger charge is -2.28. The molecule has 1 aliphatic rings. The molecule has 0 radical (unpaired) electrons. The third-order valence-electron chi connectivity index (χ3n) is 3.23. The Kier molecular flexibility index (Phi) is 3.80. The van der Waals surface area contributed by atoms with Crippen LogP contribution in [-0.2, 0) is 0 Å². The van der Waals surface area contributed by atoms with E-state index in [0.29, 0.717) is 11.5 Å². The number of aliphatic hydroxyl groups is 1. The van der Waals surface area contributed by atoms with Crippen molar-refractivity contribution in [3.05, 3.63) is 28.0 Å². The lowest BCUT2D eigenvalue weighted by atomic mass is 9.96. The van der Waals surface area contributed by atoms with Crippen molar-refractivity contribution in [2.75, 3.05) is 6.61 Å². The van der Waals surface area contributed by atoms with E-state index >= 15 is 0 Å². The van der Waals surface area contributed by atoms with Crippen LogP contribution in [0.2, 0.25) is 10.3 Å². The van der Waals surface area contributed by atoms with E-state index in [2.05, 4.69) is 10.3 Å². The van der Waals surface area contributed by atoms with E-state index in [1.807, 2.05) is 6.92 Å². The Balaban J connectivity index is 2.16. The van der Waals surface area contributed by atoms with Crippen LogP contribution in [0.5, 0.6) is 0 Å². The van der Waals surface area contributed by atoms with Gasteiger partial charge in [0.25, 0.3) is 5.91 Å². The molecule has 1 amide bonds. The first-order valence-electron chi connectivity index (χ1n) is 5.71. The second-order valence-electron chi connectivity index (χ2n) is 4.81. The molecule has 1 fully saturated rings. The van der Waals surface area contributed by atoms with Crippen LogP contribution in [0.4, 0.5) is 0 Å². The van der Waals surface area contributed by atoms with E-state index in [4.69, 9.17) is 23.2 Å². The minimum atomic E-state index is -0.584. The van der Waals surface area contributed by atoms with E-state index in [0.717, 1.165) is 12.8 Å². The lowest BCUT2D eigenvalue weighted by Crippen LogP contribution is -2.50. The van der Waals surface area contributed by atoms with Gasteiger partial charge in [0, 0.05) is 5.56 Å². The second-order valence-corrected chi connectivity index (χ2v) is 5.58. The zero-order valence-corrected chi connectivity index (χ0v) is 11.4. The number of aliphatic hydroxyl groups excluding tert-OH is 1. The fourth-order valence-corrected chi connectivity index (χ4v) is 2.38. The molecule has 6 heteroatoms. The number of halogens is 2. The minimum absolute atomic E-state index is 0.0873. The molecule has 1 aromatic heterocycles. The van der Waals surface area contributed by atoms with Gasteiger partial charge in [-0.05, 0) is 37.8 Å². The van der Waals surface area contributed by atoms with Crippen LogP contribution in [0.15, 0.2) is 12.1 Å². The van der Waals surface area contributed by atoms with Crippen LogP contribution < -0.4 is 5.32 Å². The summed E-state index contributed by atoms with van der Waals surface area (Å²) in [5.41, 5.74) is -0.236. The average molecular weight is 289 g/mol. The first-order valence-corrected chi connectivity index (χ1v) is 6.46. The molecule has 0 saturated heterocycles. The number of hydrogen-bond donors (Lipinski definition) is 2. The van der Waals surface area contributed by atoms with Crippen LogP contribution in [0.3, 0.4) is 0 Å². The zero-order chi connectivity index (χ0) is 13.3. The van der Waals surface area contributed by atoms with Crippen molar-refractivity contribution in [3.63, 3.8) is 0 Å². The van der Waals surface area contributed by atoms with Gasteiger partial charge in [0.05, 0.1) is 12.1 Å². The van der Waals surface area contributed by atoms with Crippen LogP contribution in [-0.4, -0.2) is 28.1 Å². The fourth-order valence-electron chi connectivity index (χ4n) is 1.92. The molecule has 1 saturated carbocycles. The summed E-state index contributed by atoms with van der Waals surface area (Å²) in [6.45, 7) is 1.75. The first-order chi connectivity index (χ1) is 8.44. The Bertz CT molecular complexity index is 457. The van der Waals surface area contributed by atoms with Gasteiger partial charge in [-0.2, -0.15) is 0 Å². The standard InChI is InChI=1S/C12H14Cl2N2O2/c1-12(6-17,8-2-3-8)16-11(18)7-4-9(13)15-10(14)5-7/h4-5,8,17H,2-3,6H2,1H3,(H,16,18). The molecule has 0 aliphatic heterocycles. The molecule has 0 bridgehead atoms. The summed E-state index contributed by atoms with van der Waals surface area (Å²) in [5, 5.41) is 12.6. The maximum atomic E-state index is 12.1. The van der Waals surface area contributed by atoms with Gasteiger partial charge < -0.3 is 10.4 Å². The fraction of sp³-hybridized carbons (Fsp3) is 0.500. The second kappa shape index (κ2) is 5.03. The highest BCUT2D eigenvalue weighted by molar-refractivity contribution is 6.33. The molecule has 1 aromatic rings. The van der Waals surface area contributed by atoms with Crippen molar-refractivity contribution >= 4 is 29.1 Å². The van der Waals surface area contributed by atoms with Crippen molar-refractivity contribution < 1.29 is 9.90 Å². The Labute approximate surface area is 115 Å². The summed E-state index contributed by atoms with van der Waals surface area (Å²) >= 11 is 11.5. The van der Waals surface area contributed by atoms with Gasteiger partial charge in [0.15, 0.2) is 0 Å². The van der Waals surface area contributed by atoms with Crippen molar-refractivity contribution in [1.29, 1.82) is 0 Å². The molecule has 1 heterocycles. The molecule has 1 aliphatic carbocycles. The van der Waals surface area contributed by atoms with Gasteiger partial charge in [-0.25, -0.2) is 4.98 Å². The van der Waals surface area contributed by atoms with Crippen molar-refractivity contribution in [3.8, 4) is 0 Å². The Morgan fingerprint density at radius 3 is 2.50 bits per heavy atom. The number of carbonyl (C=O) groups is 1. The monoisotopic (exact) mass is 288 g/mol. The molecule has 98 valence electrons. The van der Waals surface area contributed by atoms with Gasteiger partial charge in [-0.1, -0.05) is 23.2 Å². The molecular weight excluding hydrogens is 275 g/mol. The van der Waals surface area contributed by atoms with Gasteiger partial charge in [-0.15, -0.1) is 0 Å². The SMILES string of the molecule is CC(CO)(NC(=O)c1cc(Cl)nc(Cl)c1)C1CC1. The maximum absolute atomic E-state index is 12.1. The molecule has 0 aromatic carbocycles. The van der Waals surface area contributed by atoms with Crippen LogP contribution in [0, 0.1) is 5.92 Å². The summed E-state index contributed by atoms with van der Waals surface area (Å²) in [7, 11) is 0. The first kappa shape index (κ1) is 13.6. The van der Waals surface area contributed by atoms with E-state index in [1.54, 1.807) is 0 Å². The molecule has 2 N–H and O–H groups in total. The zero-order valence-electron chi connectivity index (χ0n) is 9.91. The summed E-state index contributed by atoms with van der Waals surface area (Å²) in [6.07, 6.45) is 2.05. The van der Waals surface area contributed by atoms with Gasteiger partial charge >= 0.3 is 0 Å². The van der Waals surface area contributed by atoms with E-state index in [1.165, 1.54) is 12.1 Å². The van der Waals surface area contributed by atoms with E-state index in [-0.39, 0.29) is 22.8 Å². The smallest absolute Gasteiger partial charge is 0.252 e. The number of rotatable bonds is 4. The van der Waals surface area contributed by atoms with Crippen molar-refractivity contribution in [2.24, 2.45) is 5.92 Å². The van der Waals surface area contributed by atoms with Crippen molar-refractivity contribution in [1.82, 2.24) is 10.3 Å². The molecule has 1 unspecified atom stereocenters. The average Bonchev–Trinajstić information content (AvgIpc) is 3.11. The highest BCUT2D eigenvalue weighted by Gasteiger charge is 2.42. The number of aromatic nitrogens is 1. The topological polar surface area (TPSA) is 62.2 Å². The number of pyridine rings is 1. The Hall–Kier alpha value is -0.840. The quantitative estimate of drug-likeness (QED) is 0.836. The summed E-state index contributed by atoms with van der Waals surface area (Å²) in [5.74, 6) is 0.0314. The molecule has 1 atom stereocenters. The summed E-state index contributed by atoms with van der Waals surface area (Å²) in [4.78, 5) is 15.9. The number of amides is 1. The third-order valence-corrected chi connectivity index (χ3v) is 3.62. The van der Waals surface area contributed by atoms with Gasteiger partial charge in [0.2, 0.25) is 0 Å². The minimum Gasteiger partial charge on any atom is -0.394 e. The number of nitrogens with zero attached hydrogens (tertiary/aromatic N) is 1. The molecule has 0 spiro atoms. The highest BCUT2D eigenvalue weighted by atomic mass is 35.5. The van der Waals surface area contributed by atoms with E-state index < -0.39 is 5.54 Å². The predicted molar refractivity (Wildman–Crippen MR) is 69.9 cm³/mol. The lowest BCUT2D eigenvalue weighted by molar-refractivity contribution is 0.0824.